The highest BCUT2D eigenvalue weighted by molar-refractivity contribution is 5.81. The molecule has 18 heavy (non-hydrogen) atoms. The molecule has 1 aliphatic heterocycles. The summed E-state index contributed by atoms with van der Waals surface area (Å²) in [4.78, 5) is 22.1. The Kier molecular flexibility index (Phi) is 4.09. The number of nitrogens with zero attached hydrogens (tertiary/aromatic N) is 3. The molecule has 1 saturated heterocycles. The third kappa shape index (κ3) is 3.16. The van der Waals surface area contributed by atoms with E-state index in [1.54, 1.807) is 25.4 Å². The summed E-state index contributed by atoms with van der Waals surface area (Å²) in [5.74, 6) is 0.680. The number of nitrogens with one attached hydrogen (secondary N) is 1. The number of carbonyl (C=O) groups excluding carboxylic acids is 1. The van der Waals surface area contributed by atoms with Gasteiger partial charge in [-0.25, -0.2) is 9.97 Å². The lowest BCUT2D eigenvalue weighted by atomic mass is 10.0. The van der Waals surface area contributed by atoms with Crippen molar-refractivity contribution in [3.63, 3.8) is 0 Å². The highest BCUT2D eigenvalue weighted by atomic mass is 16.2. The van der Waals surface area contributed by atoms with Crippen molar-refractivity contribution in [3.05, 3.63) is 18.5 Å². The Morgan fingerprint density at radius 3 is 2.61 bits per heavy atom. The van der Waals surface area contributed by atoms with Crippen LogP contribution in [0.1, 0.15) is 19.8 Å². The second kappa shape index (κ2) is 5.77. The fraction of sp³-hybridized carbons (Fsp3) is 0.583. The van der Waals surface area contributed by atoms with Crippen LogP contribution in [0.4, 0.5) is 5.95 Å². The topological polar surface area (TPSA) is 84.1 Å². The zero-order valence-electron chi connectivity index (χ0n) is 10.5. The molecule has 0 saturated carbocycles. The number of nitrogens with two attached hydrogens (primary N) is 1. The second-order valence-electron chi connectivity index (χ2n) is 4.61. The normalized spacial score (nSPS) is 18.4. The number of aromatic nitrogens is 2. The van der Waals surface area contributed by atoms with Crippen molar-refractivity contribution in [2.24, 2.45) is 5.73 Å². The summed E-state index contributed by atoms with van der Waals surface area (Å²) >= 11 is 0. The van der Waals surface area contributed by atoms with Gasteiger partial charge in [-0.2, -0.15) is 0 Å². The van der Waals surface area contributed by atoms with E-state index in [1.807, 2.05) is 0 Å². The number of hydrogen-bond acceptors (Lipinski definition) is 5. The number of anilines is 1. The van der Waals surface area contributed by atoms with Gasteiger partial charge in [-0.1, -0.05) is 0 Å². The first kappa shape index (κ1) is 12.8. The van der Waals surface area contributed by atoms with Crippen LogP contribution in [0, 0.1) is 0 Å². The average Bonchev–Trinajstić information content (AvgIpc) is 2.40. The van der Waals surface area contributed by atoms with E-state index in [0.717, 1.165) is 31.9 Å². The molecule has 0 aromatic carbocycles. The molecule has 0 bridgehead atoms. The number of amides is 1. The number of hydrogen-bond donors (Lipinski definition) is 2. The monoisotopic (exact) mass is 249 g/mol. The van der Waals surface area contributed by atoms with Crippen LogP contribution in [-0.2, 0) is 4.79 Å². The molecule has 1 fully saturated rings. The van der Waals surface area contributed by atoms with Crippen molar-refractivity contribution in [2.45, 2.75) is 31.8 Å². The van der Waals surface area contributed by atoms with Gasteiger partial charge >= 0.3 is 0 Å². The van der Waals surface area contributed by atoms with Crippen LogP contribution in [0.5, 0.6) is 0 Å². The van der Waals surface area contributed by atoms with Crippen LogP contribution >= 0.6 is 0 Å². The summed E-state index contributed by atoms with van der Waals surface area (Å²) in [6, 6.07) is 1.57. The fourth-order valence-electron chi connectivity index (χ4n) is 2.01. The van der Waals surface area contributed by atoms with Crippen molar-refractivity contribution in [2.75, 3.05) is 18.0 Å². The summed E-state index contributed by atoms with van der Waals surface area (Å²) < 4.78 is 0. The molecule has 98 valence electrons. The molecule has 1 atom stereocenters. The molecule has 0 aliphatic carbocycles. The molecule has 6 nitrogen and oxygen atoms in total. The minimum Gasteiger partial charge on any atom is -0.352 e. The second-order valence-corrected chi connectivity index (χ2v) is 4.61. The highest BCUT2D eigenvalue weighted by Crippen LogP contribution is 2.15. The Balaban J connectivity index is 1.83. The summed E-state index contributed by atoms with van der Waals surface area (Å²) in [6.07, 6.45) is 5.28. The lowest BCUT2D eigenvalue weighted by Crippen LogP contribution is -2.49. The molecule has 2 rings (SSSR count). The van der Waals surface area contributed by atoms with E-state index in [1.165, 1.54) is 0 Å². The highest BCUT2D eigenvalue weighted by Gasteiger charge is 2.22. The van der Waals surface area contributed by atoms with Gasteiger partial charge in [0, 0.05) is 31.5 Å². The first-order valence-electron chi connectivity index (χ1n) is 6.24. The zero-order valence-corrected chi connectivity index (χ0v) is 10.5. The molecule has 3 N–H and O–H groups in total. The molecule has 6 heteroatoms. The summed E-state index contributed by atoms with van der Waals surface area (Å²) in [6.45, 7) is 3.41. The van der Waals surface area contributed by atoms with Crippen molar-refractivity contribution in [1.82, 2.24) is 15.3 Å². The van der Waals surface area contributed by atoms with Crippen LogP contribution in [-0.4, -0.2) is 41.0 Å². The number of piperidine rings is 1. The predicted molar refractivity (Wildman–Crippen MR) is 69.1 cm³/mol. The first-order chi connectivity index (χ1) is 8.66. The SMILES string of the molecule is CC(N)C(=O)NC1CCN(c2ncccn2)CC1. The van der Waals surface area contributed by atoms with Gasteiger partial charge in [-0.3, -0.25) is 4.79 Å². The molecule has 1 aromatic heterocycles. The summed E-state index contributed by atoms with van der Waals surface area (Å²) in [5.41, 5.74) is 5.53. The largest absolute Gasteiger partial charge is 0.352 e. The molecular formula is C12H19N5O. The molecule has 2 heterocycles. The predicted octanol–water partition coefficient (Wildman–Crippen LogP) is -0.0912. The molecule has 0 spiro atoms. The molecule has 1 aliphatic rings. The maximum absolute atomic E-state index is 11.5. The first-order valence-corrected chi connectivity index (χ1v) is 6.24. The van der Waals surface area contributed by atoms with Gasteiger partial charge in [-0.05, 0) is 25.8 Å². The van der Waals surface area contributed by atoms with E-state index in [0.29, 0.717) is 0 Å². The van der Waals surface area contributed by atoms with E-state index in [2.05, 4.69) is 20.2 Å². The summed E-state index contributed by atoms with van der Waals surface area (Å²) in [5, 5.41) is 2.96. The third-order valence-electron chi connectivity index (χ3n) is 3.09. The van der Waals surface area contributed by atoms with Crippen molar-refractivity contribution in [3.8, 4) is 0 Å². The van der Waals surface area contributed by atoms with Crippen LogP contribution in [0.15, 0.2) is 18.5 Å². The average molecular weight is 249 g/mol. The van der Waals surface area contributed by atoms with E-state index < -0.39 is 6.04 Å². The van der Waals surface area contributed by atoms with E-state index in [4.69, 9.17) is 5.73 Å². The minimum atomic E-state index is -0.444. The minimum absolute atomic E-state index is 0.0792. The molecule has 1 amide bonds. The summed E-state index contributed by atoms with van der Waals surface area (Å²) in [7, 11) is 0. The van der Waals surface area contributed by atoms with Gasteiger partial charge in [0.15, 0.2) is 0 Å². The Bertz CT molecular complexity index is 387. The molecule has 1 unspecified atom stereocenters. The fourth-order valence-corrected chi connectivity index (χ4v) is 2.01. The van der Waals surface area contributed by atoms with Gasteiger partial charge in [0.25, 0.3) is 0 Å². The molecule has 1 aromatic rings. The Morgan fingerprint density at radius 2 is 2.06 bits per heavy atom. The zero-order chi connectivity index (χ0) is 13.0. The number of rotatable bonds is 3. The lowest BCUT2D eigenvalue weighted by molar-refractivity contribution is -0.122. The van der Waals surface area contributed by atoms with Gasteiger partial charge in [-0.15, -0.1) is 0 Å². The quantitative estimate of drug-likeness (QED) is 0.782. The standard InChI is InChI=1S/C12H19N5O/c1-9(13)11(18)16-10-3-7-17(8-4-10)12-14-5-2-6-15-12/h2,5-6,9-10H,3-4,7-8,13H2,1H3,(H,16,18). The lowest BCUT2D eigenvalue weighted by Gasteiger charge is -2.32. The van der Waals surface area contributed by atoms with E-state index in [-0.39, 0.29) is 11.9 Å². The molecule has 0 radical (unpaired) electrons. The Hall–Kier alpha value is -1.69. The maximum Gasteiger partial charge on any atom is 0.236 e. The van der Waals surface area contributed by atoms with Gasteiger partial charge in [0.2, 0.25) is 11.9 Å². The van der Waals surface area contributed by atoms with E-state index in [9.17, 15) is 4.79 Å². The van der Waals surface area contributed by atoms with Gasteiger partial charge in [0.1, 0.15) is 0 Å². The van der Waals surface area contributed by atoms with Crippen LogP contribution in [0.25, 0.3) is 0 Å². The van der Waals surface area contributed by atoms with Crippen molar-refractivity contribution >= 4 is 11.9 Å². The van der Waals surface area contributed by atoms with Crippen molar-refractivity contribution < 1.29 is 4.79 Å². The van der Waals surface area contributed by atoms with Crippen LogP contribution in [0.2, 0.25) is 0 Å². The smallest absolute Gasteiger partial charge is 0.236 e. The molecular weight excluding hydrogens is 230 g/mol. The maximum atomic E-state index is 11.5. The Morgan fingerprint density at radius 1 is 1.44 bits per heavy atom. The Labute approximate surface area is 107 Å². The van der Waals surface area contributed by atoms with Crippen molar-refractivity contribution in [1.29, 1.82) is 0 Å². The third-order valence-corrected chi connectivity index (χ3v) is 3.09. The van der Waals surface area contributed by atoms with Gasteiger partial charge < -0.3 is 16.0 Å². The van der Waals surface area contributed by atoms with Crippen LogP contribution < -0.4 is 16.0 Å². The van der Waals surface area contributed by atoms with Gasteiger partial charge in [0.05, 0.1) is 6.04 Å². The number of carbonyl (C=O) groups is 1. The van der Waals surface area contributed by atoms with E-state index >= 15 is 0 Å². The van der Waals surface area contributed by atoms with Crippen LogP contribution in [0.3, 0.4) is 0 Å².